The Balaban J connectivity index is 1.65. The van der Waals surface area contributed by atoms with Crippen molar-refractivity contribution in [2.45, 2.75) is 40.0 Å². The second-order valence-corrected chi connectivity index (χ2v) is 11.2. The summed E-state index contributed by atoms with van der Waals surface area (Å²) in [7, 11) is 1.77. The van der Waals surface area contributed by atoms with Crippen LogP contribution in [-0.2, 0) is 10.2 Å². The molecule has 170 valence electrons. The van der Waals surface area contributed by atoms with E-state index in [4.69, 9.17) is 0 Å². The fourth-order valence-corrected chi connectivity index (χ4v) is 5.10. The number of aromatic nitrogens is 1. The molecule has 0 spiro atoms. The predicted octanol–water partition coefficient (Wildman–Crippen LogP) is 7.39. The molecule has 1 aliphatic heterocycles. The number of thioether (sulfide) groups is 1. The van der Waals surface area contributed by atoms with E-state index in [1.54, 1.807) is 11.9 Å². The number of aryl methyl sites for hydroxylation is 1. The van der Waals surface area contributed by atoms with Gasteiger partial charge in [-0.25, -0.2) is 4.99 Å². The minimum atomic E-state index is -0.0322. The van der Waals surface area contributed by atoms with E-state index in [1.165, 1.54) is 17.3 Å². The number of nitrogens with zero attached hydrogens (tertiary/aromatic N) is 3. The van der Waals surface area contributed by atoms with Crippen molar-refractivity contribution in [2.75, 3.05) is 7.05 Å². The lowest BCUT2D eigenvalue weighted by Gasteiger charge is -2.20. The summed E-state index contributed by atoms with van der Waals surface area (Å²) in [5.41, 5.74) is 6.66. The van der Waals surface area contributed by atoms with Crippen molar-refractivity contribution < 1.29 is 4.79 Å². The van der Waals surface area contributed by atoms with Crippen LogP contribution in [-0.4, -0.2) is 27.6 Å². The molecule has 1 amide bonds. The summed E-state index contributed by atoms with van der Waals surface area (Å²) in [5, 5.41) is 0.681. The Bertz CT molecular complexity index is 1260. The molecule has 0 aliphatic carbocycles. The first-order valence-corrected chi connectivity index (χ1v) is 12.5. The summed E-state index contributed by atoms with van der Waals surface area (Å²) in [5.74, 6) is -0.0322. The molecule has 2 heterocycles. The lowest BCUT2D eigenvalue weighted by molar-refractivity contribution is -0.121. The number of carbonyl (C=O) groups is 1. The maximum atomic E-state index is 12.9. The zero-order valence-electron chi connectivity index (χ0n) is 19.8. The Kier molecular flexibility index (Phi) is 6.43. The van der Waals surface area contributed by atoms with Crippen LogP contribution >= 0.6 is 27.7 Å². The van der Waals surface area contributed by atoms with E-state index in [0.717, 1.165) is 32.8 Å². The molecule has 0 saturated carbocycles. The van der Waals surface area contributed by atoms with Crippen molar-refractivity contribution >= 4 is 50.5 Å². The second-order valence-electron chi connectivity index (χ2n) is 9.30. The summed E-state index contributed by atoms with van der Waals surface area (Å²) >= 11 is 4.85. The van der Waals surface area contributed by atoms with E-state index >= 15 is 0 Å². The number of hydrogen-bond donors (Lipinski definition) is 0. The molecule has 1 aromatic heterocycles. The highest BCUT2D eigenvalue weighted by molar-refractivity contribution is 9.10. The largest absolute Gasteiger partial charge is 0.318 e. The van der Waals surface area contributed by atoms with E-state index in [9.17, 15) is 4.79 Å². The summed E-state index contributed by atoms with van der Waals surface area (Å²) in [4.78, 5) is 19.9. The van der Waals surface area contributed by atoms with Crippen molar-refractivity contribution in [2.24, 2.45) is 4.99 Å². The van der Waals surface area contributed by atoms with Gasteiger partial charge < -0.3 is 4.57 Å². The van der Waals surface area contributed by atoms with E-state index < -0.39 is 0 Å². The Labute approximate surface area is 208 Å². The van der Waals surface area contributed by atoms with E-state index in [1.807, 2.05) is 30.3 Å². The molecule has 3 aromatic rings. The molecule has 33 heavy (non-hydrogen) atoms. The van der Waals surface area contributed by atoms with Crippen LogP contribution in [0, 0.1) is 13.8 Å². The number of likely N-dealkylation sites (N-methyl/N-ethyl adjacent to an activating group) is 1. The topological polar surface area (TPSA) is 37.6 Å². The zero-order chi connectivity index (χ0) is 23.9. The van der Waals surface area contributed by atoms with Crippen LogP contribution in [0.15, 0.2) is 69.0 Å². The predicted molar refractivity (Wildman–Crippen MR) is 144 cm³/mol. The zero-order valence-corrected chi connectivity index (χ0v) is 22.2. The lowest BCUT2D eigenvalue weighted by Crippen LogP contribution is -2.23. The van der Waals surface area contributed by atoms with Crippen LogP contribution in [0.25, 0.3) is 11.8 Å². The molecule has 0 atom stereocenters. The minimum Gasteiger partial charge on any atom is -0.318 e. The van der Waals surface area contributed by atoms with E-state index in [0.29, 0.717) is 10.1 Å². The van der Waals surface area contributed by atoms with Crippen LogP contribution in [0.4, 0.5) is 5.69 Å². The van der Waals surface area contributed by atoms with Crippen LogP contribution in [0.2, 0.25) is 0 Å². The van der Waals surface area contributed by atoms with Crippen molar-refractivity contribution in [3.63, 3.8) is 0 Å². The molecule has 0 N–H and O–H groups in total. The maximum absolute atomic E-state index is 12.9. The average Bonchev–Trinajstić information content (AvgIpc) is 3.19. The van der Waals surface area contributed by atoms with Gasteiger partial charge in [-0.15, -0.1) is 0 Å². The highest BCUT2D eigenvalue weighted by Gasteiger charge is 2.30. The summed E-state index contributed by atoms with van der Waals surface area (Å²) < 4.78 is 3.24. The van der Waals surface area contributed by atoms with Gasteiger partial charge in [0.25, 0.3) is 5.91 Å². The van der Waals surface area contributed by atoms with Gasteiger partial charge in [0.2, 0.25) is 0 Å². The van der Waals surface area contributed by atoms with Crippen molar-refractivity contribution in [1.29, 1.82) is 0 Å². The lowest BCUT2D eigenvalue weighted by atomic mass is 9.87. The molecular weight excluding hydrogens is 494 g/mol. The highest BCUT2D eigenvalue weighted by Crippen LogP contribution is 2.35. The second kappa shape index (κ2) is 8.99. The first kappa shape index (κ1) is 23.6. The number of hydrogen-bond acceptors (Lipinski definition) is 3. The Morgan fingerprint density at radius 1 is 1.00 bits per heavy atom. The quantitative estimate of drug-likeness (QED) is 0.337. The summed E-state index contributed by atoms with van der Waals surface area (Å²) in [6.45, 7) is 10.9. The molecule has 6 heteroatoms. The summed E-state index contributed by atoms with van der Waals surface area (Å²) in [6, 6.07) is 18.6. The van der Waals surface area contributed by atoms with E-state index in [2.05, 4.69) is 90.4 Å². The normalized spacial score (nSPS) is 16.9. The number of benzene rings is 2. The van der Waals surface area contributed by atoms with Gasteiger partial charge in [-0.2, -0.15) is 0 Å². The average molecular weight is 523 g/mol. The van der Waals surface area contributed by atoms with E-state index in [-0.39, 0.29) is 11.3 Å². The number of amides is 1. The van der Waals surface area contributed by atoms with Crippen molar-refractivity contribution in [1.82, 2.24) is 9.47 Å². The molecule has 0 unspecified atom stereocenters. The maximum Gasteiger partial charge on any atom is 0.266 e. The first-order chi connectivity index (χ1) is 15.5. The molecule has 1 fully saturated rings. The van der Waals surface area contributed by atoms with Crippen molar-refractivity contribution in [3.8, 4) is 5.69 Å². The number of carbonyl (C=O) groups excluding carboxylic acids is 1. The highest BCUT2D eigenvalue weighted by atomic mass is 79.9. The van der Waals surface area contributed by atoms with Gasteiger partial charge in [0.1, 0.15) is 0 Å². The van der Waals surface area contributed by atoms with Crippen LogP contribution < -0.4 is 0 Å². The third-order valence-electron chi connectivity index (χ3n) is 5.80. The summed E-state index contributed by atoms with van der Waals surface area (Å²) in [6.07, 6.45) is 1.98. The third-order valence-corrected chi connectivity index (χ3v) is 7.39. The van der Waals surface area contributed by atoms with Gasteiger partial charge in [-0.1, -0.05) is 48.8 Å². The molecule has 0 radical (unpaired) electrons. The van der Waals surface area contributed by atoms with Crippen LogP contribution in [0.1, 0.15) is 43.3 Å². The Hall–Kier alpha value is -2.57. The molecule has 1 saturated heterocycles. The third kappa shape index (κ3) is 4.87. The number of amidine groups is 1. The SMILES string of the molecule is Cc1cc(/C=C2\SC(=Nc3ccc(Br)cc3)N(C)C2=O)c(C)n1-c1ccc(C(C)(C)C)cc1. The van der Waals surface area contributed by atoms with Crippen molar-refractivity contribution in [3.05, 3.63) is 86.5 Å². The van der Waals surface area contributed by atoms with Gasteiger partial charge in [0.05, 0.1) is 10.6 Å². The fraction of sp³-hybridized carbons (Fsp3) is 0.259. The van der Waals surface area contributed by atoms with Crippen LogP contribution in [0.5, 0.6) is 0 Å². The molecule has 0 bridgehead atoms. The molecule has 4 rings (SSSR count). The Morgan fingerprint density at radius 3 is 2.24 bits per heavy atom. The number of rotatable bonds is 3. The standard InChI is InChI=1S/C27H28BrN3OS/c1-17-15-19(18(2)31(17)23-13-7-20(8-14-23)27(3,4)5)16-24-25(32)30(6)26(33-24)29-22-11-9-21(28)10-12-22/h7-16H,1-6H3/b24-16-,29-26?. The molecule has 2 aromatic carbocycles. The van der Waals surface area contributed by atoms with Gasteiger partial charge in [0.15, 0.2) is 5.17 Å². The smallest absolute Gasteiger partial charge is 0.266 e. The monoisotopic (exact) mass is 521 g/mol. The first-order valence-electron chi connectivity index (χ1n) is 10.9. The Morgan fingerprint density at radius 2 is 1.64 bits per heavy atom. The minimum absolute atomic E-state index is 0.0322. The molecule has 1 aliphatic rings. The van der Waals surface area contributed by atoms with Gasteiger partial charge in [-0.05, 0) is 90.7 Å². The molecule has 4 nitrogen and oxygen atoms in total. The van der Waals surface area contributed by atoms with Gasteiger partial charge >= 0.3 is 0 Å². The number of aliphatic imine (C=N–C) groups is 1. The van der Waals surface area contributed by atoms with Gasteiger partial charge in [-0.3, -0.25) is 9.69 Å². The molecular formula is C27H28BrN3OS. The van der Waals surface area contributed by atoms with Gasteiger partial charge in [0, 0.05) is 28.6 Å². The fourth-order valence-electron chi connectivity index (χ4n) is 3.86. The van der Waals surface area contributed by atoms with Crippen LogP contribution in [0.3, 0.4) is 0 Å². The number of halogens is 1.